The summed E-state index contributed by atoms with van der Waals surface area (Å²) in [4.78, 5) is 1.64. The molecule has 1 aromatic carbocycles. The lowest BCUT2D eigenvalue weighted by atomic mass is 10.1. The number of hydrogen-bond donors (Lipinski definition) is 0. The third kappa shape index (κ3) is 2.53. The third-order valence-electron chi connectivity index (χ3n) is 2.90. The van der Waals surface area contributed by atoms with Gasteiger partial charge in [-0.1, -0.05) is 48.8 Å². The molecule has 0 spiro atoms. The first-order chi connectivity index (χ1) is 9.28. The van der Waals surface area contributed by atoms with Crippen LogP contribution in [0.25, 0.3) is 0 Å². The molecule has 3 rings (SSSR count). The van der Waals surface area contributed by atoms with Gasteiger partial charge in [-0.25, -0.2) is 0 Å². The van der Waals surface area contributed by atoms with E-state index >= 15 is 0 Å². The first-order valence-corrected chi connectivity index (χ1v) is 7.55. The molecule has 0 unspecified atom stereocenters. The molecule has 98 valence electrons. The number of fused-ring (bicyclic) bond motifs is 1. The highest BCUT2D eigenvalue weighted by atomic mass is 35.5. The summed E-state index contributed by atoms with van der Waals surface area (Å²) in [7, 11) is 0. The van der Waals surface area contributed by atoms with Crippen molar-refractivity contribution in [1.82, 2.24) is 15.1 Å². The highest BCUT2D eigenvalue weighted by Gasteiger charge is 2.19. The molecule has 6 heteroatoms. The summed E-state index contributed by atoms with van der Waals surface area (Å²) in [6.07, 6.45) is 2.02. The van der Waals surface area contributed by atoms with E-state index in [-0.39, 0.29) is 0 Å². The molecule has 4 nitrogen and oxygen atoms in total. The summed E-state index contributed by atoms with van der Waals surface area (Å²) in [5, 5.41) is 14.6. The predicted molar refractivity (Wildman–Crippen MR) is 78.1 cm³/mol. The molecule has 19 heavy (non-hydrogen) atoms. The molecule has 1 aliphatic rings. The molecule has 0 saturated heterocycles. The average Bonchev–Trinajstić information content (AvgIpc) is 2.83. The van der Waals surface area contributed by atoms with Gasteiger partial charge >= 0.3 is 0 Å². The van der Waals surface area contributed by atoms with Crippen molar-refractivity contribution in [2.24, 2.45) is 5.10 Å². The van der Waals surface area contributed by atoms with Crippen LogP contribution in [0.2, 0.25) is 5.02 Å². The topological polar surface area (TPSA) is 43.1 Å². The van der Waals surface area contributed by atoms with E-state index in [0.717, 1.165) is 45.6 Å². The molecule has 2 heterocycles. The zero-order chi connectivity index (χ0) is 13.2. The van der Waals surface area contributed by atoms with Gasteiger partial charge in [0, 0.05) is 10.8 Å². The molecule has 1 aromatic heterocycles. The molecule has 0 bridgehead atoms. The Kier molecular flexibility index (Phi) is 3.57. The molecule has 0 radical (unpaired) electrons. The van der Waals surface area contributed by atoms with Crippen LogP contribution in [0.15, 0.2) is 34.4 Å². The van der Waals surface area contributed by atoms with Gasteiger partial charge in [0.25, 0.3) is 0 Å². The standard InChI is InChI=1S/C13H13ClN4S/c1-2-3-11-13-18(17-15-11)16-12(8-19-13)9-4-6-10(14)7-5-9/h4-7H,2-3,8H2,1H3. The lowest BCUT2D eigenvalue weighted by Crippen LogP contribution is -2.14. The van der Waals surface area contributed by atoms with Crippen molar-refractivity contribution >= 4 is 29.1 Å². The molecule has 0 fully saturated rings. The van der Waals surface area contributed by atoms with Crippen molar-refractivity contribution in [3.63, 3.8) is 0 Å². The second kappa shape index (κ2) is 5.35. The van der Waals surface area contributed by atoms with E-state index in [1.807, 2.05) is 24.3 Å². The SMILES string of the molecule is CCCc1nnn2c1SCC(c1ccc(Cl)cc1)=N2. The number of hydrogen-bond acceptors (Lipinski definition) is 4. The second-order valence-electron chi connectivity index (χ2n) is 4.32. The van der Waals surface area contributed by atoms with Crippen LogP contribution in [0.1, 0.15) is 24.6 Å². The van der Waals surface area contributed by atoms with Gasteiger partial charge in [-0.2, -0.15) is 5.10 Å². The molecular weight excluding hydrogens is 280 g/mol. The minimum atomic E-state index is 0.736. The van der Waals surface area contributed by atoms with Crippen LogP contribution in [0, 0.1) is 0 Å². The molecule has 0 saturated carbocycles. The minimum absolute atomic E-state index is 0.736. The Morgan fingerprint density at radius 2 is 2.11 bits per heavy atom. The van der Waals surface area contributed by atoms with Crippen molar-refractivity contribution in [3.05, 3.63) is 40.5 Å². The van der Waals surface area contributed by atoms with Crippen LogP contribution in [0.4, 0.5) is 0 Å². The smallest absolute Gasteiger partial charge is 0.144 e. The maximum atomic E-state index is 5.90. The lowest BCUT2D eigenvalue weighted by Gasteiger charge is -2.13. The summed E-state index contributed by atoms with van der Waals surface area (Å²) >= 11 is 7.64. The zero-order valence-corrected chi connectivity index (χ0v) is 12.1. The van der Waals surface area contributed by atoms with E-state index in [0.29, 0.717) is 0 Å². The summed E-state index contributed by atoms with van der Waals surface area (Å²) in [5.74, 6) is 0.839. The summed E-state index contributed by atoms with van der Waals surface area (Å²) in [6.45, 7) is 2.14. The summed E-state index contributed by atoms with van der Waals surface area (Å²) < 4.78 is 0. The highest BCUT2D eigenvalue weighted by molar-refractivity contribution is 8.00. The number of aromatic nitrogens is 3. The fourth-order valence-electron chi connectivity index (χ4n) is 1.96. The number of halogens is 1. The minimum Gasteiger partial charge on any atom is -0.152 e. The number of rotatable bonds is 3. The third-order valence-corrected chi connectivity index (χ3v) is 4.25. The van der Waals surface area contributed by atoms with E-state index in [2.05, 4.69) is 22.3 Å². The van der Waals surface area contributed by atoms with E-state index < -0.39 is 0 Å². The lowest BCUT2D eigenvalue weighted by molar-refractivity contribution is 0.641. The van der Waals surface area contributed by atoms with E-state index in [9.17, 15) is 0 Å². The number of thioether (sulfide) groups is 1. The molecule has 1 aliphatic heterocycles. The first kappa shape index (κ1) is 12.7. The van der Waals surface area contributed by atoms with Gasteiger partial charge in [0.05, 0.1) is 11.4 Å². The Balaban J connectivity index is 1.93. The Morgan fingerprint density at radius 1 is 1.32 bits per heavy atom. The highest BCUT2D eigenvalue weighted by Crippen LogP contribution is 2.27. The normalized spacial score (nSPS) is 14.1. The maximum Gasteiger partial charge on any atom is 0.144 e. The van der Waals surface area contributed by atoms with E-state index in [1.165, 1.54) is 0 Å². The van der Waals surface area contributed by atoms with Gasteiger partial charge in [0.1, 0.15) is 5.03 Å². The Labute approximate surface area is 120 Å². The van der Waals surface area contributed by atoms with Gasteiger partial charge in [-0.05, 0) is 29.3 Å². The summed E-state index contributed by atoms with van der Waals surface area (Å²) in [5.41, 5.74) is 3.13. The Morgan fingerprint density at radius 3 is 2.84 bits per heavy atom. The first-order valence-electron chi connectivity index (χ1n) is 6.19. The van der Waals surface area contributed by atoms with E-state index in [1.54, 1.807) is 16.6 Å². The van der Waals surface area contributed by atoms with Gasteiger partial charge in [0.15, 0.2) is 0 Å². The molecule has 0 amide bonds. The molecule has 0 atom stereocenters. The quantitative estimate of drug-likeness (QED) is 0.872. The molecule has 0 N–H and O–H groups in total. The van der Waals surface area contributed by atoms with Crippen LogP contribution in [-0.4, -0.2) is 26.6 Å². The number of aryl methyl sites for hydroxylation is 1. The van der Waals surface area contributed by atoms with Crippen LogP contribution in [0.3, 0.4) is 0 Å². The molecule has 2 aromatic rings. The Bertz CT molecular complexity index is 618. The van der Waals surface area contributed by atoms with Crippen molar-refractivity contribution in [1.29, 1.82) is 0 Å². The van der Waals surface area contributed by atoms with Crippen LogP contribution in [-0.2, 0) is 6.42 Å². The Hall–Kier alpha value is -1.33. The summed E-state index contributed by atoms with van der Waals surface area (Å²) in [6, 6.07) is 7.72. The number of benzene rings is 1. The second-order valence-corrected chi connectivity index (χ2v) is 5.72. The van der Waals surface area contributed by atoms with Crippen molar-refractivity contribution in [3.8, 4) is 0 Å². The average molecular weight is 293 g/mol. The van der Waals surface area contributed by atoms with Gasteiger partial charge in [-0.3, -0.25) is 0 Å². The molecular formula is C13H13ClN4S. The van der Waals surface area contributed by atoms with Crippen LogP contribution >= 0.6 is 23.4 Å². The monoisotopic (exact) mass is 292 g/mol. The van der Waals surface area contributed by atoms with Crippen molar-refractivity contribution in [2.75, 3.05) is 5.75 Å². The predicted octanol–water partition coefficient (Wildman–Crippen LogP) is 3.24. The fraction of sp³-hybridized carbons (Fsp3) is 0.308. The van der Waals surface area contributed by atoms with Gasteiger partial charge in [0.2, 0.25) is 0 Å². The van der Waals surface area contributed by atoms with Gasteiger partial charge in [-0.15, -0.1) is 9.89 Å². The largest absolute Gasteiger partial charge is 0.152 e. The van der Waals surface area contributed by atoms with E-state index in [4.69, 9.17) is 11.6 Å². The zero-order valence-electron chi connectivity index (χ0n) is 10.5. The van der Waals surface area contributed by atoms with Crippen molar-refractivity contribution < 1.29 is 0 Å². The van der Waals surface area contributed by atoms with Crippen LogP contribution in [0.5, 0.6) is 0 Å². The van der Waals surface area contributed by atoms with Gasteiger partial charge < -0.3 is 0 Å². The maximum absolute atomic E-state index is 5.90. The number of nitrogens with zero attached hydrogens (tertiary/aromatic N) is 4. The molecule has 0 aliphatic carbocycles. The van der Waals surface area contributed by atoms with Crippen molar-refractivity contribution in [2.45, 2.75) is 24.8 Å². The fourth-order valence-corrected chi connectivity index (χ4v) is 3.08. The van der Waals surface area contributed by atoms with Crippen LogP contribution < -0.4 is 0 Å².